The fraction of sp³-hybridized carbons (Fsp3) is 0.583. The average molecular weight is 237 g/mol. The highest BCUT2D eigenvalue weighted by atomic mass is 32.2. The first kappa shape index (κ1) is 11.6. The highest BCUT2D eigenvalue weighted by Gasteiger charge is 2.13. The van der Waals surface area contributed by atoms with Crippen molar-refractivity contribution in [3.05, 3.63) is 18.3 Å². The van der Waals surface area contributed by atoms with E-state index < -0.39 is 0 Å². The smallest absolute Gasteiger partial charge is 0.128 e. The second kappa shape index (κ2) is 5.43. The predicted molar refractivity (Wildman–Crippen MR) is 72.5 cm³/mol. The van der Waals surface area contributed by atoms with E-state index in [-0.39, 0.29) is 0 Å². The van der Waals surface area contributed by atoms with Crippen molar-refractivity contribution in [1.29, 1.82) is 0 Å². The Morgan fingerprint density at radius 2 is 2.06 bits per heavy atom. The Hall–Kier alpha value is -0.900. The minimum atomic E-state index is 0.633. The molecule has 0 amide bonds. The zero-order chi connectivity index (χ0) is 11.4. The molecule has 0 bridgehead atoms. The Balaban J connectivity index is 1.93. The molecule has 88 valence electrons. The van der Waals surface area contributed by atoms with Gasteiger partial charge in [-0.2, -0.15) is 11.8 Å². The lowest BCUT2D eigenvalue weighted by Gasteiger charge is -2.23. The molecule has 0 aliphatic carbocycles. The van der Waals surface area contributed by atoms with Gasteiger partial charge in [0.05, 0.1) is 11.9 Å². The van der Waals surface area contributed by atoms with E-state index in [9.17, 15) is 0 Å². The van der Waals surface area contributed by atoms with Crippen LogP contribution in [0.25, 0.3) is 0 Å². The number of aromatic nitrogens is 1. The normalized spacial score (nSPS) is 17.1. The third-order valence-electron chi connectivity index (χ3n) is 2.80. The number of thioether (sulfide) groups is 1. The number of rotatable bonds is 3. The summed E-state index contributed by atoms with van der Waals surface area (Å²) in [5.41, 5.74) is 1.14. The van der Waals surface area contributed by atoms with Crippen LogP contribution in [-0.4, -0.2) is 36.6 Å². The molecular formula is C12H19N3S. The Morgan fingerprint density at radius 1 is 1.31 bits per heavy atom. The number of anilines is 2. The van der Waals surface area contributed by atoms with Crippen molar-refractivity contribution in [1.82, 2.24) is 4.98 Å². The molecule has 1 N–H and O–H groups in total. The summed E-state index contributed by atoms with van der Waals surface area (Å²) in [6.45, 7) is 0. The minimum absolute atomic E-state index is 0.633. The van der Waals surface area contributed by atoms with Crippen molar-refractivity contribution >= 4 is 23.3 Å². The summed E-state index contributed by atoms with van der Waals surface area (Å²) in [7, 11) is 4.02. The van der Waals surface area contributed by atoms with E-state index in [2.05, 4.69) is 34.2 Å². The molecule has 0 saturated carbocycles. The van der Waals surface area contributed by atoms with Gasteiger partial charge in [-0.3, -0.25) is 0 Å². The van der Waals surface area contributed by atoms with Gasteiger partial charge in [-0.25, -0.2) is 4.98 Å². The Morgan fingerprint density at radius 3 is 2.62 bits per heavy atom. The summed E-state index contributed by atoms with van der Waals surface area (Å²) in [4.78, 5) is 6.42. The highest BCUT2D eigenvalue weighted by Crippen LogP contribution is 2.21. The second-order valence-electron chi connectivity index (χ2n) is 4.33. The van der Waals surface area contributed by atoms with Crippen molar-refractivity contribution in [2.24, 2.45) is 0 Å². The van der Waals surface area contributed by atoms with Gasteiger partial charge in [-0.1, -0.05) is 0 Å². The van der Waals surface area contributed by atoms with Crippen LogP contribution in [0, 0.1) is 0 Å². The van der Waals surface area contributed by atoms with E-state index in [0.29, 0.717) is 6.04 Å². The lowest BCUT2D eigenvalue weighted by atomic mass is 10.1. The summed E-state index contributed by atoms with van der Waals surface area (Å²) < 4.78 is 0. The predicted octanol–water partition coefficient (Wildman–Crippen LogP) is 2.46. The zero-order valence-electron chi connectivity index (χ0n) is 9.94. The van der Waals surface area contributed by atoms with E-state index in [1.54, 1.807) is 0 Å². The van der Waals surface area contributed by atoms with Crippen LogP contribution >= 0.6 is 11.8 Å². The van der Waals surface area contributed by atoms with Crippen LogP contribution in [0.2, 0.25) is 0 Å². The highest BCUT2D eigenvalue weighted by molar-refractivity contribution is 7.99. The van der Waals surface area contributed by atoms with Crippen LogP contribution in [-0.2, 0) is 0 Å². The fourth-order valence-electron chi connectivity index (χ4n) is 1.81. The topological polar surface area (TPSA) is 28.2 Å². The van der Waals surface area contributed by atoms with Gasteiger partial charge >= 0.3 is 0 Å². The molecule has 1 aliphatic rings. The molecule has 1 aromatic rings. The number of hydrogen-bond donors (Lipinski definition) is 1. The van der Waals surface area contributed by atoms with Crippen molar-refractivity contribution < 1.29 is 0 Å². The summed E-state index contributed by atoms with van der Waals surface area (Å²) >= 11 is 2.05. The molecule has 16 heavy (non-hydrogen) atoms. The number of pyridine rings is 1. The molecule has 0 radical (unpaired) electrons. The van der Waals surface area contributed by atoms with Gasteiger partial charge in [0.1, 0.15) is 5.82 Å². The van der Waals surface area contributed by atoms with Gasteiger partial charge in [-0.15, -0.1) is 0 Å². The first-order valence-corrected chi connectivity index (χ1v) is 6.89. The van der Waals surface area contributed by atoms with E-state index in [1.165, 1.54) is 24.3 Å². The molecule has 3 nitrogen and oxygen atoms in total. The van der Waals surface area contributed by atoms with Gasteiger partial charge in [0.15, 0.2) is 0 Å². The molecule has 1 aromatic heterocycles. The summed E-state index contributed by atoms with van der Waals surface area (Å²) in [5, 5.41) is 3.55. The molecule has 0 unspecified atom stereocenters. The number of nitrogens with zero attached hydrogens (tertiary/aromatic N) is 2. The van der Waals surface area contributed by atoms with Crippen LogP contribution in [0.3, 0.4) is 0 Å². The lowest BCUT2D eigenvalue weighted by molar-refractivity contribution is 0.666. The lowest BCUT2D eigenvalue weighted by Crippen LogP contribution is -2.24. The maximum absolute atomic E-state index is 4.40. The maximum Gasteiger partial charge on any atom is 0.128 e. The number of nitrogens with one attached hydrogen (secondary N) is 1. The molecule has 0 aromatic carbocycles. The second-order valence-corrected chi connectivity index (χ2v) is 5.56. The van der Waals surface area contributed by atoms with E-state index in [0.717, 1.165) is 11.5 Å². The van der Waals surface area contributed by atoms with Crippen LogP contribution in [0.5, 0.6) is 0 Å². The van der Waals surface area contributed by atoms with E-state index >= 15 is 0 Å². The van der Waals surface area contributed by atoms with Crippen molar-refractivity contribution in [3.63, 3.8) is 0 Å². The van der Waals surface area contributed by atoms with Gasteiger partial charge in [0, 0.05) is 20.1 Å². The number of hydrogen-bond acceptors (Lipinski definition) is 4. The summed E-state index contributed by atoms with van der Waals surface area (Å²) in [6.07, 6.45) is 4.46. The first-order valence-electron chi connectivity index (χ1n) is 5.73. The molecule has 4 heteroatoms. The fourth-order valence-corrected chi connectivity index (χ4v) is 2.92. The van der Waals surface area contributed by atoms with Crippen molar-refractivity contribution in [3.8, 4) is 0 Å². The van der Waals surface area contributed by atoms with E-state index in [4.69, 9.17) is 0 Å². The summed E-state index contributed by atoms with van der Waals surface area (Å²) in [5.74, 6) is 3.56. The average Bonchev–Trinajstić information content (AvgIpc) is 2.31. The molecule has 0 atom stereocenters. The zero-order valence-corrected chi connectivity index (χ0v) is 10.8. The van der Waals surface area contributed by atoms with Crippen LogP contribution in [0.15, 0.2) is 18.3 Å². The van der Waals surface area contributed by atoms with Crippen LogP contribution in [0.1, 0.15) is 12.8 Å². The SMILES string of the molecule is CN(C)c1ccc(NC2CCSCC2)cn1. The first-order chi connectivity index (χ1) is 7.75. The Bertz CT molecular complexity index is 318. The maximum atomic E-state index is 4.40. The van der Waals surface area contributed by atoms with Gasteiger partial charge in [-0.05, 0) is 36.5 Å². The van der Waals surface area contributed by atoms with E-state index in [1.807, 2.05) is 25.2 Å². The van der Waals surface area contributed by atoms with Crippen molar-refractivity contribution in [2.45, 2.75) is 18.9 Å². The Kier molecular flexibility index (Phi) is 3.93. The molecule has 2 rings (SSSR count). The summed E-state index contributed by atoms with van der Waals surface area (Å²) in [6, 6.07) is 4.80. The quantitative estimate of drug-likeness (QED) is 0.874. The molecule has 1 saturated heterocycles. The minimum Gasteiger partial charge on any atom is -0.381 e. The monoisotopic (exact) mass is 237 g/mol. The third kappa shape index (κ3) is 3.04. The third-order valence-corrected chi connectivity index (χ3v) is 3.85. The molecule has 0 spiro atoms. The largest absolute Gasteiger partial charge is 0.381 e. The van der Waals surface area contributed by atoms with Crippen molar-refractivity contribution in [2.75, 3.05) is 35.8 Å². The van der Waals surface area contributed by atoms with Crippen LogP contribution in [0.4, 0.5) is 11.5 Å². The molecule has 1 aliphatic heterocycles. The van der Waals surface area contributed by atoms with Gasteiger partial charge < -0.3 is 10.2 Å². The van der Waals surface area contributed by atoms with Gasteiger partial charge in [0.2, 0.25) is 0 Å². The molecule has 2 heterocycles. The molecule has 1 fully saturated rings. The van der Waals surface area contributed by atoms with Crippen LogP contribution < -0.4 is 10.2 Å². The molecular weight excluding hydrogens is 218 g/mol. The standard InChI is InChI=1S/C12H19N3S/c1-15(2)12-4-3-11(9-13-12)14-10-5-7-16-8-6-10/h3-4,9-10,14H,5-8H2,1-2H3. The Labute approximate surface area is 102 Å². The van der Waals surface area contributed by atoms with Gasteiger partial charge in [0.25, 0.3) is 0 Å².